The third-order valence-corrected chi connectivity index (χ3v) is 9.06. The van der Waals surface area contributed by atoms with E-state index in [0.29, 0.717) is 38.1 Å². The van der Waals surface area contributed by atoms with Crippen LogP contribution in [0.15, 0.2) is 71.5 Å². The zero-order valence-electron chi connectivity index (χ0n) is 29.5. The van der Waals surface area contributed by atoms with Crippen LogP contribution in [0.4, 0.5) is 4.39 Å². The number of hydrogen-bond donors (Lipinski definition) is 0. The van der Waals surface area contributed by atoms with Gasteiger partial charge in [0.2, 0.25) is 0 Å². The molecule has 0 radical (unpaired) electrons. The van der Waals surface area contributed by atoms with E-state index >= 15 is 4.39 Å². The van der Waals surface area contributed by atoms with Crippen molar-refractivity contribution < 1.29 is 23.4 Å². The van der Waals surface area contributed by atoms with Gasteiger partial charge in [0.25, 0.3) is 0 Å². The van der Waals surface area contributed by atoms with E-state index in [1.807, 2.05) is 50.2 Å². The second-order valence-electron chi connectivity index (χ2n) is 13.1. The van der Waals surface area contributed by atoms with Gasteiger partial charge in [0.1, 0.15) is 6.61 Å². The number of aromatic nitrogens is 2. The highest BCUT2D eigenvalue weighted by atomic mass is 35.5. The summed E-state index contributed by atoms with van der Waals surface area (Å²) in [7, 11) is 2.08. The van der Waals surface area contributed by atoms with Crippen molar-refractivity contribution in [1.82, 2.24) is 18.9 Å². The number of unbranched alkanes of at least 4 members (excludes halogenated alkanes) is 2. The Balaban J connectivity index is 0.00000338. The highest BCUT2D eigenvalue weighted by Crippen LogP contribution is 2.26. The Morgan fingerprint density at radius 3 is 2.32 bits per heavy atom. The number of benzene rings is 3. The van der Waals surface area contributed by atoms with Gasteiger partial charge in [0.05, 0.1) is 36.5 Å². The van der Waals surface area contributed by atoms with E-state index < -0.39 is 6.30 Å². The standard InChI is InChI=1S/C38H51FN4O5.2ClH/c1-29(2)48-37(44)28-47-35(32-17-16-30-11-6-7-12-31(30)27-32)18-20-40(3)19-10-4-5-15-36(39)43-34-14-9-8-13-33(34)42(38(43)45)22-21-41-23-25-46-26-24-41;;/h6-9,11-14,16-17,27,29,35-36H,4-5,10,15,18-26,28H2,1-3H3;2*1H. The Hall–Kier alpha value is -2.99. The largest absolute Gasteiger partial charge is 0.461 e. The summed E-state index contributed by atoms with van der Waals surface area (Å²) >= 11 is 0. The number of nitrogens with zero attached hydrogens (tertiary/aromatic N) is 4. The minimum absolute atomic E-state index is 0. The summed E-state index contributed by atoms with van der Waals surface area (Å²) in [6.45, 7) is 9.57. The molecule has 2 unspecified atom stereocenters. The lowest BCUT2D eigenvalue weighted by molar-refractivity contribution is -0.155. The number of rotatable bonds is 18. The fourth-order valence-electron chi connectivity index (χ4n) is 6.45. The van der Waals surface area contributed by atoms with Gasteiger partial charge >= 0.3 is 11.7 Å². The van der Waals surface area contributed by atoms with E-state index in [2.05, 4.69) is 47.2 Å². The van der Waals surface area contributed by atoms with Crippen LogP contribution in [0, 0.1) is 0 Å². The maximum Gasteiger partial charge on any atom is 0.332 e. The minimum Gasteiger partial charge on any atom is -0.461 e. The highest BCUT2D eigenvalue weighted by molar-refractivity contribution is 5.85. The Kier molecular flexibility index (Phi) is 17.2. The molecule has 0 saturated carbocycles. The molecule has 276 valence electrons. The number of para-hydroxylation sites is 2. The summed E-state index contributed by atoms with van der Waals surface area (Å²) in [4.78, 5) is 30.2. The molecule has 0 aliphatic carbocycles. The SMILES string of the molecule is CC(C)OC(=O)COC(CCN(C)CCCCCC(F)n1c(=O)n(CCN2CCOCC2)c2ccccc21)c1ccc2ccccc2c1.Cl.Cl. The first-order chi connectivity index (χ1) is 23.3. The molecule has 1 aromatic heterocycles. The number of morpholine rings is 1. The Bertz CT molecular complexity index is 1680. The summed E-state index contributed by atoms with van der Waals surface area (Å²) in [6, 6.07) is 22.0. The molecular formula is C38H53Cl2FN4O5. The molecule has 0 spiro atoms. The van der Waals surface area contributed by atoms with Crippen LogP contribution >= 0.6 is 24.8 Å². The van der Waals surface area contributed by atoms with Gasteiger partial charge in [0.15, 0.2) is 6.30 Å². The van der Waals surface area contributed by atoms with Crippen LogP contribution in [0.2, 0.25) is 0 Å². The number of esters is 1. The third-order valence-electron chi connectivity index (χ3n) is 9.06. The van der Waals surface area contributed by atoms with Crippen molar-refractivity contribution in [2.45, 2.75) is 71.0 Å². The minimum atomic E-state index is -1.37. The number of carbonyl (C=O) groups is 1. The van der Waals surface area contributed by atoms with Crippen LogP contribution in [0.5, 0.6) is 0 Å². The zero-order valence-corrected chi connectivity index (χ0v) is 31.1. The molecule has 4 aromatic rings. The van der Waals surface area contributed by atoms with Gasteiger partial charge in [-0.05, 0) is 87.7 Å². The molecule has 2 atom stereocenters. The van der Waals surface area contributed by atoms with Crippen LogP contribution in [0.1, 0.15) is 63.9 Å². The Morgan fingerprint density at radius 2 is 1.58 bits per heavy atom. The molecule has 1 aliphatic heterocycles. The number of halogens is 3. The summed E-state index contributed by atoms with van der Waals surface area (Å²) < 4.78 is 35.5. The monoisotopic (exact) mass is 734 g/mol. The Labute approximate surface area is 307 Å². The number of fused-ring (bicyclic) bond motifs is 2. The Morgan fingerprint density at radius 1 is 0.880 bits per heavy atom. The van der Waals surface area contributed by atoms with Crippen molar-refractivity contribution in [3.8, 4) is 0 Å². The molecule has 9 nitrogen and oxygen atoms in total. The topological polar surface area (TPSA) is 78.2 Å². The fraction of sp³-hybridized carbons (Fsp3) is 0.526. The smallest absolute Gasteiger partial charge is 0.332 e. The van der Waals surface area contributed by atoms with Gasteiger partial charge < -0.3 is 19.1 Å². The number of hydrogen-bond acceptors (Lipinski definition) is 7. The quantitative estimate of drug-likeness (QED) is 0.0791. The lowest BCUT2D eigenvalue weighted by atomic mass is 10.0. The van der Waals surface area contributed by atoms with E-state index in [4.69, 9.17) is 14.2 Å². The zero-order chi connectivity index (χ0) is 33.9. The van der Waals surface area contributed by atoms with E-state index in [1.54, 1.807) is 4.57 Å². The van der Waals surface area contributed by atoms with Crippen LogP contribution < -0.4 is 5.69 Å². The molecule has 5 rings (SSSR count). The fourth-order valence-corrected chi connectivity index (χ4v) is 6.45. The van der Waals surface area contributed by atoms with Crippen molar-refractivity contribution in [2.75, 3.05) is 59.6 Å². The molecule has 2 heterocycles. The highest BCUT2D eigenvalue weighted by Gasteiger charge is 2.21. The second kappa shape index (κ2) is 20.8. The molecule has 1 fully saturated rings. The molecule has 50 heavy (non-hydrogen) atoms. The number of alkyl halides is 1. The van der Waals surface area contributed by atoms with Gasteiger partial charge in [-0.3, -0.25) is 14.0 Å². The van der Waals surface area contributed by atoms with Crippen molar-refractivity contribution in [2.24, 2.45) is 0 Å². The summed E-state index contributed by atoms with van der Waals surface area (Å²) in [6.07, 6.45) is 1.68. The van der Waals surface area contributed by atoms with E-state index in [0.717, 1.165) is 73.8 Å². The molecule has 0 N–H and O–H groups in total. The average Bonchev–Trinajstić information content (AvgIpc) is 3.37. The predicted molar refractivity (Wildman–Crippen MR) is 203 cm³/mol. The van der Waals surface area contributed by atoms with Crippen molar-refractivity contribution in [3.05, 3.63) is 82.8 Å². The number of ether oxygens (including phenoxy) is 3. The molecule has 1 saturated heterocycles. The predicted octanol–water partition coefficient (Wildman–Crippen LogP) is 7.19. The van der Waals surface area contributed by atoms with E-state index in [1.165, 1.54) is 4.57 Å². The second-order valence-corrected chi connectivity index (χ2v) is 13.1. The first-order valence-electron chi connectivity index (χ1n) is 17.4. The first kappa shape index (κ1) is 41.4. The normalized spacial score (nSPS) is 14.8. The van der Waals surface area contributed by atoms with Gasteiger partial charge in [-0.15, -0.1) is 24.8 Å². The number of imidazole rings is 1. The van der Waals surface area contributed by atoms with Gasteiger partial charge in [0, 0.05) is 32.7 Å². The van der Waals surface area contributed by atoms with Gasteiger partial charge in [-0.25, -0.2) is 14.0 Å². The van der Waals surface area contributed by atoms with E-state index in [-0.39, 0.29) is 55.3 Å². The lowest BCUT2D eigenvalue weighted by Crippen LogP contribution is -2.39. The summed E-state index contributed by atoms with van der Waals surface area (Å²) in [5.41, 5.74) is 2.18. The first-order valence-corrected chi connectivity index (χ1v) is 17.4. The summed E-state index contributed by atoms with van der Waals surface area (Å²) in [5, 5.41) is 2.29. The summed E-state index contributed by atoms with van der Waals surface area (Å²) in [5.74, 6) is -0.366. The van der Waals surface area contributed by atoms with Crippen LogP contribution in [-0.2, 0) is 25.5 Å². The maximum absolute atomic E-state index is 15.7. The molecule has 12 heteroatoms. The van der Waals surface area contributed by atoms with Crippen LogP contribution in [0.25, 0.3) is 21.8 Å². The van der Waals surface area contributed by atoms with Gasteiger partial charge in [-0.1, -0.05) is 55.0 Å². The van der Waals surface area contributed by atoms with Crippen molar-refractivity contribution >= 4 is 52.6 Å². The van der Waals surface area contributed by atoms with Crippen LogP contribution in [-0.4, -0.2) is 90.6 Å². The lowest BCUT2D eigenvalue weighted by Gasteiger charge is -2.26. The molecule has 3 aromatic carbocycles. The maximum atomic E-state index is 15.7. The van der Waals surface area contributed by atoms with Gasteiger partial charge in [-0.2, -0.15) is 0 Å². The van der Waals surface area contributed by atoms with E-state index in [9.17, 15) is 9.59 Å². The van der Waals surface area contributed by atoms with Crippen molar-refractivity contribution in [3.63, 3.8) is 0 Å². The van der Waals surface area contributed by atoms with Crippen LogP contribution in [0.3, 0.4) is 0 Å². The van der Waals surface area contributed by atoms with Crippen molar-refractivity contribution in [1.29, 1.82) is 0 Å². The molecule has 0 amide bonds. The molecular weight excluding hydrogens is 682 g/mol. The molecule has 0 bridgehead atoms. The number of carbonyl (C=O) groups excluding carboxylic acids is 1. The average molecular weight is 736 g/mol. The molecule has 1 aliphatic rings. The third kappa shape index (κ3) is 11.5.